The molecule has 0 radical (unpaired) electrons. The Morgan fingerprint density at radius 3 is 1.70 bits per heavy atom. The van der Waals surface area contributed by atoms with Crippen molar-refractivity contribution in [3.8, 4) is 34.4 Å². The van der Waals surface area contributed by atoms with Crippen LogP contribution in [0, 0.1) is 0 Å². The highest BCUT2D eigenvalue weighted by Crippen LogP contribution is 2.44. The summed E-state index contributed by atoms with van der Waals surface area (Å²) in [6.45, 7) is 0. The third kappa shape index (κ3) is 5.05. The average Bonchev–Trinajstić information content (AvgIpc) is 4.01. The van der Waals surface area contributed by atoms with Crippen molar-refractivity contribution in [3.63, 3.8) is 0 Å². The highest BCUT2D eigenvalue weighted by atomic mass is 32.1. The number of rotatable bonds is 4. The molecule has 0 aliphatic rings. The minimum atomic E-state index is 0.619. The topological polar surface area (TPSA) is 61.4 Å². The molecule has 0 atom stereocenters. The van der Waals surface area contributed by atoms with Crippen molar-refractivity contribution in [2.75, 3.05) is 0 Å². The summed E-state index contributed by atoms with van der Waals surface area (Å²) in [5, 5.41) is 11.3. The largest absolute Gasteiger partial charge is 0.278 e. The van der Waals surface area contributed by atoms with Gasteiger partial charge in [-0.1, -0.05) is 152 Å². The summed E-state index contributed by atoms with van der Waals surface area (Å²) in [6, 6.07) is 68.9. The Morgan fingerprint density at radius 2 is 0.937 bits per heavy atom. The fraction of sp³-hybridized carbons (Fsp3) is 0. The lowest BCUT2D eigenvalue weighted by molar-refractivity contribution is 1.01. The predicted octanol–water partition coefficient (Wildman–Crippen LogP) is 14.6. The van der Waals surface area contributed by atoms with Crippen LogP contribution < -0.4 is 0 Å². The lowest BCUT2D eigenvalue weighted by Crippen LogP contribution is -2.04. The number of aromatic nitrogens is 6. The first-order chi connectivity index (χ1) is 31.2. The van der Waals surface area contributed by atoms with Crippen LogP contribution in [0.15, 0.2) is 194 Å². The van der Waals surface area contributed by atoms with Crippen molar-refractivity contribution in [1.82, 2.24) is 29.1 Å². The van der Waals surface area contributed by atoms with Gasteiger partial charge in [0.1, 0.15) is 0 Å². The van der Waals surface area contributed by atoms with Gasteiger partial charge in [-0.25, -0.2) is 19.9 Å². The van der Waals surface area contributed by atoms with E-state index in [1.165, 1.54) is 26.2 Å². The number of hydrogen-bond acceptors (Lipinski definition) is 5. The molecule has 292 valence electrons. The minimum absolute atomic E-state index is 0.619. The summed E-state index contributed by atoms with van der Waals surface area (Å²) in [4.78, 5) is 21.9. The second-order valence-electron chi connectivity index (χ2n) is 16.2. The third-order valence-corrected chi connectivity index (χ3v) is 13.9. The van der Waals surface area contributed by atoms with Gasteiger partial charge in [-0.05, 0) is 64.0 Å². The second kappa shape index (κ2) is 13.1. The third-order valence-electron chi connectivity index (χ3n) is 12.7. The van der Waals surface area contributed by atoms with Crippen molar-refractivity contribution >= 4 is 108 Å². The van der Waals surface area contributed by atoms with Crippen LogP contribution in [0.3, 0.4) is 0 Å². The van der Waals surface area contributed by atoms with E-state index in [1.54, 1.807) is 11.3 Å². The van der Waals surface area contributed by atoms with Gasteiger partial charge in [-0.3, -0.25) is 9.13 Å². The van der Waals surface area contributed by atoms with Gasteiger partial charge in [0.15, 0.2) is 0 Å². The number of nitrogens with zero attached hydrogens (tertiary/aromatic N) is 6. The summed E-state index contributed by atoms with van der Waals surface area (Å²) in [7, 11) is 0. The zero-order chi connectivity index (χ0) is 41.2. The molecular formula is C56H32N6S. The molecule has 0 aliphatic heterocycles. The average molecular weight is 821 g/mol. The molecular weight excluding hydrogens is 789 g/mol. The van der Waals surface area contributed by atoms with Crippen LogP contribution in [0.2, 0.25) is 0 Å². The van der Waals surface area contributed by atoms with E-state index < -0.39 is 0 Å². The quantitative estimate of drug-likeness (QED) is 0.177. The van der Waals surface area contributed by atoms with Gasteiger partial charge in [-0.2, -0.15) is 0 Å². The second-order valence-corrected chi connectivity index (χ2v) is 17.3. The van der Waals surface area contributed by atoms with E-state index in [-0.39, 0.29) is 0 Å². The number of benzene rings is 9. The molecule has 0 fully saturated rings. The fourth-order valence-electron chi connectivity index (χ4n) is 9.86. The van der Waals surface area contributed by atoms with E-state index >= 15 is 0 Å². The lowest BCUT2D eigenvalue weighted by Gasteiger charge is -2.13. The van der Waals surface area contributed by atoms with Crippen molar-refractivity contribution in [3.05, 3.63) is 194 Å². The standard InChI is InChI=1S/C56H32N6S/c1-3-15-35-31-37(27-25-33(35)13-1)50-41-18-5-9-21-44(41)57-55(58-50)62-45-22-10-6-17-39(45)40-29-30-47-49(53(40)62)42-19-7-11-23-46(42)61(47)56-59-51(38-28-26-34-14-2-4-16-36(34)32-38)54-52(60-56)43-20-8-12-24-48(43)63-54/h1-32H. The van der Waals surface area contributed by atoms with Gasteiger partial charge in [-0.15, -0.1) is 11.3 Å². The molecule has 7 heteroatoms. The summed E-state index contributed by atoms with van der Waals surface area (Å²) in [5.41, 5.74) is 9.88. The van der Waals surface area contributed by atoms with Crippen LogP contribution in [0.25, 0.3) is 131 Å². The first-order valence-corrected chi connectivity index (χ1v) is 22.0. The highest BCUT2D eigenvalue weighted by Gasteiger charge is 2.25. The van der Waals surface area contributed by atoms with E-state index in [4.69, 9.17) is 19.9 Å². The summed E-state index contributed by atoms with van der Waals surface area (Å²) < 4.78 is 6.80. The highest BCUT2D eigenvalue weighted by molar-refractivity contribution is 7.26. The maximum absolute atomic E-state index is 5.55. The molecule has 5 heterocycles. The Labute approximate surface area is 363 Å². The Morgan fingerprint density at radius 1 is 0.365 bits per heavy atom. The van der Waals surface area contributed by atoms with Crippen LogP contribution >= 0.6 is 11.3 Å². The van der Waals surface area contributed by atoms with E-state index in [0.717, 1.165) is 92.6 Å². The molecule has 0 saturated carbocycles. The van der Waals surface area contributed by atoms with Gasteiger partial charge in [0, 0.05) is 48.1 Å². The molecule has 14 rings (SSSR count). The molecule has 0 saturated heterocycles. The van der Waals surface area contributed by atoms with Crippen LogP contribution in [0.4, 0.5) is 0 Å². The summed E-state index contributed by atoms with van der Waals surface area (Å²) in [5.74, 6) is 1.25. The molecule has 0 bridgehead atoms. The van der Waals surface area contributed by atoms with Crippen LogP contribution in [0.1, 0.15) is 0 Å². The Balaban J connectivity index is 1.09. The molecule has 9 aromatic carbocycles. The molecule has 63 heavy (non-hydrogen) atoms. The van der Waals surface area contributed by atoms with E-state index in [0.29, 0.717) is 11.9 Å². The van der Waals surface area contributed by atoms with Crippen molar-refractivity contribution in [1.29, 1.82) is 0 Å². The Kier molecular flexibility index (Phi) is 7.17. The smallest absolute Gasteiger partial charge is 0.235 e. The molecule has 0 aliphatic carbocycles. The van der Waals surface area contributed by atoms with Crippen LogP contribution in [-0.4, -0.2) is 29.1 Å². The number of hydrogen-bond donors (Lipinski definition) is 0. The first-order valence-electron chi connectivity index (χ1n) is 21.1. The van der Waals surface area contributed by atoms with Gasteiger partial charge < -0.3 is 0 Å². The van der Waals surface area contributed by atoms with Gasteiger partial charge in [0.2, 0.25) is 11.9 Å². The first kappa shape index (κ1) is 34.5. The normalized spacial score (nSPS) is 12.1. The molecule has 0 amide bonds. The summed E-state index contributed by atoms with van der Waals surface area (Å²) in [6.07, 6.45) is 0. The van der Waals surface area contributed by atoms with E-state index in [9.17, 15) is 0 Å². The fourth-order valence-corrected chi connectivity index (χ4v) is 11.0. The van der Waals surface area contributed by atoms with E-state index in [1.807, 2.05) is 0 Å². The maximum Gasteiger partial charge on any atom is 0.235 e. The molecule has 6 nitrogen and oxygen atoms in total. The van der Waals surface area contributed by atoms with Crippen LogP contribution in [-0.2, 0) is 0 Å². The molecule has 14 aromatic rings. The maximum atomic E-state index is 5.55. The Bertz CT molecular complexity index is 4230. The zero-order valence-corrected chi connectivity index (χ0v) is 34.4. The van der Waals surface area contributed by atoms with Gasteiger partial charge >= 0.3 is 0 Å². The SMILES string of the molecule is c1ccc2cc(-c3nc(-n4c5ccccc5c5ccc6c(c7ccccc7n6-c6nc(-c7ccc8ccccc8c7)c7sc8ccccc8c7n6)c54)nc4ccccc34)ccc2c1. The summed E-state index contributed by atoms with van der Waals surface area (Å²) >= 11 is 1.75. The molecule has 0 N–H and O–H groups in total. The van der Waals surface area contributed by atoms with Gasteiger partial charge in [0.25, 0.3) is 0 Å². The molecule has 0 unspecified atom stereocenters. The van der Waals surface area contributed by atoms with Gasteiger partial charge in [0.05, 0.1) is 49.2 Å². The van der Waals surface area contributed by atoms with Crippen molar-refractivity contribution in [2.45, 2.75) is 0 Å². The molecule has 0 spiro atoms. The zero-order valence-electron chi connectivity index (χ0n) is 33.6. The van der Waals surface area contributed by atoms with Crippen molar-refractivity contribution < 1.29 is 0 Å². The van der Waals surface area contributed by atoms with Crippen LogP contribution in [0.5, 0.6) is 0 Å². The predicted molar refractivity (Wildman–Crippen MR) is 263 cm³/mol. The van der Waals surface area contributed by atoms with Crippen molar-refractivity contribution in [2.24, 2.45) is 0 Å². The lowest BCUT2D eigenvalue weighted by atomic mass is 10.0. The minimum Gasteiger partial charge on any atom is -0.278 e. The number of thiophene rings is 1. The number of fused-ring (bicyclic) bond motifs is 13. The Hall–Kier alpha value is -8.26. The van der Waals surface area contributed by atoms with E-state index in [2.05, 4.69) is 203 Å². The molecule has 5 aromatic heterocycles. The number of para-hydroxylation sites is 3. The monoisotopic (exact) mass is 820 g/mol.